The van der Waals surface area contributed by atoms with Crippen molar-refractivity contribution in [3.8, 4) is 23.0 Å². The number of fused-ring (bicyclic) bond motifs is 1. The maximum Gasteiger partial charge on any atom is 0.231 e. The molecule has 5 nitrogen and oxygen atoms in total. The number of aromatic hydroxyl groups is 4. The molecule has 0 fully saturated rings. The summed E-state index contributed by atoms with van der Waals surface area (Å²) in [6, 6.07) is 4.77. The minimum Gasteiger partial charge on any atom is -0.507 e. The Bertz CT molecular complexity index is 633. The zero-order valence-corrected chi connectivity index (χ0v) is 8.01. The minimum absolute atomic E-state index is 0.0561. The third-order valence-corrected chi connectivity index (χ3v) is 2.27. The molecular formula is C11H8O5. The topological polar surface area (TPSA) is 98.0 Å². The first-order chi connectivity index (χ1) is 7.52. The van der Waals surface area contributed by atoms with Crippen molar-refractivity contribution in [1.82, 2.24) is 0 Å². The van der Waals surface area contributed by atoms with Gasteiger partial charge in [-0.05, 0) is 6.07 Å². The van der Waals surface area contributed by atoms with E-state index < -0.39 is 22.7 Å². The second-order valence-corrected chi connectivity index (χ2v) is 3.29. The molecule has 4 N–H and O–H groups in total. The molecule has 16 heavy (non-hydrogen) atoms. The van der Waals surface area contributed by atoms with Crippen LogP contribution in [0.2, 0.25) is 0 Å². The van der Waals surface area contributed by atoms with Crippen LogP contribution in [0.1, 0.15) is 0 Å². The van der Waals surface area contributed by atoms with Gasteiger partial charge in [-0.2, -0.15) is 0 Å². The van der Waals surface area contributed by atoms with Crippen LogP contribution in [-0.4, -0.2) is 20.4 Å². The van der Waals surface area contributed by atoms with Gasteiger partial charge in [0.2, 0.25) is 5.43 Å². The molecule has 0 aromatic heterocycles. The Morgan fingerprint density at radius 1 is 0.875 bits per heavy atom. The summed E-state index contributed by atoms with van der Waals surface area (Å²) in [7, 11) is 0. The molecule has 0 unspecified atom stereocenters. The van der Waals surface area contributed by atoms with Gasteiger partial charge in [0.1, 0.15) is 5.75 Å². The summed E-state index contributed by atoms with van der Waals surface area (Å²) in [5.74, 6) is -2.20. The van der Waals surface area contributed by atoms with E-state index >= 15 is 0 Å². The Morgan fingerprint density at radius 2 is 1.56 bits per heavy atom. The second-order valence-electron chi connectivity index (χ2n) is 3.29. The first-order valence-electron chi connectivity index (χ1n) is 4.42. The zero-order valence-electron chi connectivity index (χ0n) is 8.01. The number of benzene rings is 1. The lowest BCUT2D eigenvalue weighted by molar-refractivity contribution is 0.402. The SMILES string of the molecule is O=c1c(O)cccc2c(O)cc(O)c(O)c12. The zero-order chi connectivity index (χ0) is 11.9. The molecule has 5 heteroatoms. The Kier molecular flexibility index (Phi) is 2.09. The molecule has 0 heterocycles. The van der Waals surface area contributed by atoms with E-state index in [4.69, 9.17) is 0 Å². The molecule has 2 aromatic carbocycles. The first-order valence-corrected chi connectivity index (χ1v) is 4.42. The van der Waals surface area contributed by atoms with E-state index in [1.165, 1.54) is 12.1 Å². The van der Waals surface area contributed by atoms with Crippen LogP contribution in [0.25, 0.3) is 10.8 Å². The van der Waals surface area contributed by atoms with Crippen LogP contribution in [0.15, 0.2) is 29.1 Å². The highest BCUT2D eigenvalue weighted by Gasteiger charge is 2.13. The van der Waals surface area contributed by atoms with Crippen molar-refractivity contribution >= 4 is 10.8 Å². The fourth-order valence-electron chi connectivity index (χ4n) is 1.50. The van der Waals surface area contributed by atoms with Gasteiger partial charge in [0.25, 0.3) is 0 Å². The van der Waals surface area contributed by atoms with Crippen LogP contribution in [0, 0.1) is 0 Å². The maximum atomic E-state index is 11.6. The van der Waals surface area contributed by atoms with Gasteiger partial charge in [0.15, 0.2) is 17.2 Å². The van der Waals surface area contributed by atoms with Crippen LogP contribution in [0.5, 0.6) is 23.0 Å². The molecule has 0 aliphatic carbocycles. The number of hydrogen-bond acceptors (Lipinski definition) is 5. The van der Waals surface area contributed by atoms with Gasteiger partial charge in [0, 0.05) is 11.5 Å². The largest absolute Gasteiger partial charge is 0.507 e. The minimum atomic E-state index is -0.858. The van der Waals surface area contributed by atoms with Crippen molar-refractivity contribution in [2.24, 2.45) is 0 Å². The Hall–Kier alpha value is -2.43. The molecule has 0 spiro atoms. The summed E-state index contributed by atoms with van der Waals surface area (Å²) >= 11 is 0. The molecule has 0 aliphatic heterocycles. The maximum absolute atomic E-state index is 11.6. The Labute approximate surface area is 89.5 Å². The highest BCUT2D eigenvalue weighted by Crippen LogP contribution is 2.37. The van der Waals surface area contributed by atoms with E-state index in [1.807, 2.05) is 0 Å². The average molecular weight is 220 g/mol. The quantitative estimate of drug-likeness (QED) is 0.392. The van der Waals surface area contributed by atoms with Crippen molar-refractivity contribution < 1.29 is 20.4 Å². The highest BCUT2D eigenvalue weighted by atomic mass is 16.3. The molecule has 0 radical (unpaired) electrons. The smallest absolute Gasteiger partial charge is 0.231 e. The van der Waals surface area contributed by atoms with Crippen molar-refractivity contribution in [3.05, 3.63) is 34.5 Å². The van der Waals surface area contributed by atoms with E-state index in [-0.39, 0.29) is 16.5 Å². The standard InChI is InChI=1S/C11H8O5/c12-6-3-1-2-5-7(13)4-8(14)11(16)9(5)10(6)15/h1-4,13-14,16H,(H,12,15). The third kappa shape index (κ3) is 1.30. The fraction of sp³-hybridized carbons (Fsp3) is 0. The number of phenolic OH excluding ortho intramolecular Hbond substituents is 3. The van der Waals surface area contributed by atoms with Gasteiger partial charge in [-0.3, -0.25) is 4.79 Å². The second kappa shape index (κ2) is 3.30. The summed E-state index contributed by atoms with van der Waals surface area (Å²) < 4.78 is 0. The summed E-state index contributed by atoms with van der Waals surface area (Å²) in [6.45, 7) is 0. The Balaban J connectivity index is 3.18. The summed E-state index contributed by atoms with van der Waals surface area (Å²) in [6.07, 6.45) is 0. The lowest BCUT2D eigenvalue weighted by Gasteiger charge is -2.02. The van der Waals surface area contributed by atoms with Gasteiger partial charge in [-0.25, -0.2) is 0 Å². The molecular weight excluding hydrogens is 212 g/mol. The monoisotopic (exact) mass is 220 g/mol. The van der Waals surface area contributed by atoms with Gasteiger partial charge in [-0.1, -0.05) is 12.1 Å². The highest BCUT2D eigenvalue weighted by molar-refractivity contribution is 5.94. The molecule has 2 rings (SSSR count). The summed E-state index contributed by atoms with van der Waals surface area (Å²) in [5, 5.41) is 37.3. The van der Waals surface area contributed by atoms with Gasteiger partial charge in [0.05, 0.1) is 5.39 Å². The van der Waals surface area contributed by atoms with E-state index in [0.29, 0.717) is 0 Å². The lowest BCUT2D eigenvalue weighted by atomic mass is 10.1. The molecule has 0 saturated carbocycles. The lowest BCUT2D eigenvalue weighted by Crippen LogP contribution is -1.97. The number of phenols is 3. The van der Waals surface area contributed by atoms with E-state index in [0.717, 1.165) is 12.1 Å². The Morgan fingerprint density at radius 3 is 2.25 bits per heavy atom. The van der Waals surface area contributed by atoms with Crippen LogP contribution < -0.4 is 5.43 Å². The van der Waals surface area contributed by atoms with E-state index in [9.17, 15) is 25.2 Å². The van der Waals surface area contributed by atoms with Gasteiger partial charge >= 0.3 is 0 Å². The molecule has 0 aliphatic rings. The fourth-order valence-corrected chi connectivity index (χ4v) is 1.50. The van der Waals surface area contributed by atoms with Gasteiger partial charge in [-0.15, -0.1) is 0 Å². The van der Waals surface area contributed by atoms with Crippen LogP contribution >= 0.6 is 0 Å². The summed E-state index contributed by atoms with van der Waals surface area (Å²) in [4.78, 5) is 11.6. The van der Waals surface area contributed by atoms with Crippen molar-refractivity contribution in [2.45, 2.75) is 0 Å². The van der Waals surface area contributed by atoms with Crippen molar-refractivity contribution in [1.29, 1.82) is 0 Å². The molecule has 0 atom stereocenters. The molecule has 0 bridgehead atoms. The van der Waals surface area contributed by atoms with E-state index in [2.05, 4.69) is 0 Å². The van der Waals surface area contributed by atoms with Crippen molar-refractivity contribution in [2.75, 3.05) is 0 Å². The van der Waals surface area contributed by atoms with E-state index in [1.54, 1.807) is 0 Å². The molecule has 0 amide bonds. The van der Waals surface area contributed by atoms with Crippen LogP contribution in [0.4, 0.5) is 0 Å². The molecule has 2 aromatic rings. The molecule has 82 valence electrons. The number of rotatable bonds is 0. The van der Waals surface area contributed by atoms with Crippen molar-refractivity contribution in [3.63, 3.8) is 0 Å². The number of hydrogen-bond donors (Lipinski definition) is 4. The van der Waals surface area contributed by atoms with Crippen LogP contribution in [-0.2, 0) is 0 Å². The third-order valence-electron chi connectivity index (χ3n) is 2.27. The first kappa shape index (κ1) is 10.1. The average Bonchev–Trinajstić information content (AvgIpc) is 2.37. The molecule has 0 saturated heterocycles. The predicted molar refractivity (Wildman–Crippen MR) is 56.9 cm³/mol. The normalized spacial score (nSPS) is 10.5. The summed E-state index contributed by atoms with van der Waals surface area (Å²) in [5.41, 5.74) is -0.858. The van der Waals surface area contributed by atoms with Crippen LogP contribution in [0.3, 0.4) is 0 Å². The van der Waals surface area contributed by atoms with Gasteiger partial charge < -0.3 is 20.4 Å². The predicted octanol–water partition coefficient (Wildman–Crippen LogP) is 1.02.